The first-order chi connectivity index (χ1) is 8.49. The maximum Gasteiger partial charge on any atom is 0.141 e. The van der Waals surface area contributed by atoms with Gasteiger partial charge in [0.1, 0.15) is 5.82 Å². The number of hydrogen-bond donors (Lipinski definition) is 1. The summed E-state index contributed by atoms with van der Waals surface area (Å²) in [4.78, 5) is 7.94. The van der Waals surface area contributed by atoms with Crippen molar-refractivity contribution in [2.24, 2.45) is 5.73 Å². The molecule has 0 saturated heterocycles. The largest absolute Gasteiger partial charge is 0.320 e. The molecule has 2 aromatic heterocycles. The third kappa shape index (κ3) is 2.83. The summed E-state index contributed by atoms with van der Waals surface area (Å²) >= 11 is 6.04. The number of aromatic nitrogens is 2. The molecule has 0 amide bonds. The molecule has 0 aliphatic heterocycles. The van der Waals surface area contributed by atoms with Gasteiger partial charge >= 0.3 is 0 Å². The van der Waals surface area contributed by atoms with Crippen LogP contribution in [0.3, 0.4) is 0 Å². The summed E-state index contributed by atoms with van der Waals surface area (Å²) in [6.07, 6.45) is 4.90. The van der Waals surface area contributed by atoms with Crippen LogP contribution in [0.1, 0.15) is 18.2 Å². The highest BCUT2D eigenvalue weighted by atomic mass is 35.5. The Balaban J connectivity index is 2.27. The predicted molar refractivity (Wildman–Crippen MR) is 68.7 cm³/mol. The lowest BCUT2D eigenvalue weighted by atomic mass is 9.90. The van der Waals surface area contributed by atoms with Crippen molar-refractivity contribution in [3.63, 3.8) is 0 Å². The van der Waals surface area contributed by atoms with Gasteiger partial charge in [0.05, 0.1) is 22.5 Å². The molecule has 5 heteroatoms. The Morgan fingerprint density at radius 1 is 1.33 bits per heavy atom. The van der Waals surface area contributed by atoms with Crippen molar-refractivity contribution < 1.29 is 4.39 Å². The Labute approximate surface area is 110 Å². The third-order valence-corrected chi connectivity index (χ3v) is 3.07. The van der Waals surface area contributed by atoms with Crippen LogP contribution in [0, 0.1) is 5.82 Å². The van der Waals surface area contributed by atoms with Gasteiger partial charge in [-0.25, -0.2) is 4.39 Å². The molecule has 18 heavy (non-hydrogen) atoms. The van der Waals surface area contributed by atoms with Crippen molar-refractivity contribution in [1.29, 1.82) is 0 Å². The lowest BCUT2D eigenvalue weighted by molar-refractivity contribution is 0.472. The minimum Gasteiger partial charge on any atom is -0.320 e. The first-order valence-electron chi connectivity index (χ1n) is 5.48. The van der Waals surface area contributed by atoms with E-state index >= 15 is 0 Å². The molecular weight excluding hydrogens is 253 g/mol. The molecule has 0 aromatic carbocycles. The fourth-order valence-corrected chi connectivity index (χ4v) is 1.93. The lowest BCUT2D eigenvalue weighted by Gasteiger charge is -2.24. The van der Waals surface area contributed by atoms with Crippen LogP contribution < -0.4 is 5.73 Å². The van der Waals surface area contributed by atoms with Crippen molar-refractivity contribution in [3.05, 3.63) is 58.9 Å². The molecule has 0 aliphatic carbocycles. The van der Waals surface area contributed by atoms with Gasteiger partial charge in [0.2, 0.25) is 0 Å². The second-order valence-electron chi connectivity index (χ2n) is 4.42. The molecular formula is C13H13ClFN3. The van der Waals surface area contributed by atoms with E-state index in [1.54, 1.807) is 18.5 Å². The van der Waals surface area contributed by atoms with Crippen LogP contribution in [0.25, 0.3) is 0 Å². The number of pyridine rings is 2. The van der Waals surface area contributed by atoms with Gasteiger partial charge in [-0.3, -0.25) is 9.97 Å². The topological polar surface area (TPSA) is 51.8 Å². The zero-order valence-corrected chi connectivity index (χ0v) is 10.7. The van der Waals surface area contributed by atoms with Gasteiger partial charge < -0.3 is 5.73 Å². The molecule has 2 heterocycles. The maximum atomic E-state index is 12.8. The number of nitrogens with zero attached hydrogens (tertiary/aromatic N) is 2. The standard InChI is InChI=1S/C13H13ClFN3/c1-13(16,12-3-2-10(15)7-18-12)6-9-4-5-17-8-11(9)14/h2-5,7-8H,6,16H2,1H3. The molecule has 0 radical (unpaired) electrons. The maximum absolute atomic E-state index is 12.8. The van der Waals surface area contributed by atoms with E-state index in [4.69, 9.17) is 17.3 Å². The Kier molecular flexibility index (Phi) is 3.59. The van der Waals surface area contributed by atoms with Gasteiger partial charge in [0.15, 0.2) is 0 Å². The highest BCUT2D eigenvalue weighted by molar-refractivity contribution is 6.31. The summed E-state index contributed by atoms with van der Waals surface area (Å²) in [7, 11) is 0. The third-order valence-electron chi connectivity index (χ3n) is 2.73. The van der Waals surface area contributed by atoms with Crippen molar-refractivity contribution in [3.8, 4) is 0 Å². The highest BCUT2D eigenvalue weighted by Gasteiger charge is 2.24. The fraction of sp³-hybridized carbons (Fsp3) is 0.231. The van der Waals surface area contributed by atoms with E-state index in [0.717, 1.165) is 11.8 Å². The van der Waals surface area contributed by atoms with Crippen LogP contribution >= 0.6 is 11.6 Å². The lowest BCUT2D eigenvalue weighted by Crippen LogP contribution is -2.36. The first-order valence-corrected chi connectivity index (χ1v) is 5.86. The van der Waals surface area contributed by atoms with Crippen LogP contribution in [0.4, 0.5) is 4.39 Å². The Morgan fingerprint density at radius 3 is 2.72 bits per heavy atom. The van der Waals surface area contributed by atoms with Gasteiger partial charge in [0.25, 0.3) is 0 Å². The fourth-order valence-electron chi connectivity index (χ4n) is 1.75. The molecule has 1 atom stereocenters. The van der Waals surface area contributed by atoms with E-state index in [1.807, 2.05) is 13.0 Å². The predicted octanol–water partition coefficient (Wildman–Crippen LogP) is 2.69. The highest BCUT2D eigenvalue weighted by Crippen LogP contribution is 2.24. The van der Waals surface area contributed by atoms with Gasteiger partial charge in [-0.2, -0.15) is 0 Å². The van der Waals surface area contributed by atoms with Gasteiger partial charge in [-0.1, -0.05) is 11.6 Å². The zero-order valence-electron chi connectivity index (χ0n) is 9.90. The van der Waals surface area contributed by atoms with Crippen LogP contribution in [-0.4, -0.2) is 9.97 Å². The van der Waals surface area contributed by atoms with Crippen molar-refractivity contribution in [2.75, 3.05) is 0 Å². The second kappa shape index (κ2) is 5.00. The minimum atomic E-state index is -0.710. The molecule has 2 N–H and O–H groups in total. The molecule has 0 aliphatic rings. The second-order valence-corrected chi connectivity index (χ2v) is 4.83. The number of halogens is 2. The molecule has 94 valence electrons. The van der Waals surface area contributed by atoms with E-state index < -0.39 is 5.54 Å². The van der Waals surface area contributed by atoms with Crippen molar-refractivity contribution in [1.82, 2.24) is 9.97 Å². The number of rotatable bonds is 3. The van der Waals surface area contributed by atoms with E-state index in [0.29, 0.717) is 17.1 Å². The quantitative estimate of drug-likeness (QED) is 0.928. The first kappa shape index (κ1) is 12.9. The SMILES string of the molecule is CC(N)(Cc1ccncc1Cl)c1ccc(F)cn1. The van der Waals surface area contributed by atoms with E-state index in [9.17, 15) is 4.39 Å². The molecule has 0 spiro atoms. The Hall–Kier alpha value is -1.52. The summed E-state index contributed by atoms with van der Waals surface area (Å²) in [6.45, 7) is 1.84. The van der Waals surface area contributed by atoms with Crippen molar-refractivity contribution >= 4 is 11.6 Å². The summed E-state index contributed by atoms with van der Waals surface area (Å²) in [5.74, 6) is -0.378. The summed E-state index contributed by atoms with van der Waals surface area (Å²) in [5.41, 5.74) is 7.03. The minimum absolute atomic E-state index is 0.378. The van der Waals surface area contributed by atoms with Gasteiger partial charge in [-0.05, 0) is 37.1 Å². The molecule has 1 unspecified atom stereocenters. The smallest absolute Gasteiger partial charge is 0.141 e. The summed E-state index contributed by atoms with van der Waals surface area (Å²) in [6, 6.07) is 4.75. The molecule has 0 fully saturated rings. The zero-order chi connectivity index (χ0) is 13.2. The van der Waals surface area contributed by atoms with Crippen LogP contribution in [-0.2, 0) is 12.0 Å². The molecule has 0 bridgehead atoms. The summed E-state index contributed by atoms with van der Waals surface area (Å²) < 4.78 is 12.8. The number of hydrogen-bond acceptors (Lipinski definition) is 3. The molecule has 0 saturated carbocycles. The average Bonchev–Trinajstić information content (AvgIpc) is 2.32. The van der Waals surface area contributed by atoms with Gasteiger partial charge in [-0.15, -0.1) is 0 Å². The monoisotopic (exact) mass is 265 g/mol. The molecule has 2 rings (SSSR count). The van der Waals surface area contributed by atoms with E-state index in [2.05, 4.69) is 9.97 Å². The Morgan fingerprint density at radius 2 is 2.11 bits per heavy atom. The average molecular weight is 266 g/mol. The Bertz CT molecular complexity index is 540. The molecule has 2 aromatic rings. The molecule has 3 nitrogen and oxygen atoms in total. The summed E-state index contributed by atoms with van der Waals surface area (Å²) in [5, 5.41) is 0.566. The normalized spacial score (nSPS) is 14.2. The van der Waals surface area contributed by atoms with Crippen LogP contribution in [0.15, 0.2) is 36.8 Å². The number of nitrogens with two attached hydrogens (primary N) is 1. The van der Waals surface area contributed by atoms with E-state index in [-0.39, 0.29) is 5.82 Å². The van der Waals surface area contributed by atoms with Crippen molar-refractivity contribution in [2.45, 2.75) is 18.9 Å². The van der Waals surface area contributed by atoms with E-state index in [1.165, 1.54) is 6.07 Å². The van der Waals surface area contributed by atoms with Gasteiger partial charge in [0, 0.05) is 12.4 Å². The van der Waals surface area contributed by atoms with Crippen LogP contribution in [0.2, 0.25) is 5.02 Å². The van der Waals surface area contributed by atoms with Crippen LogP contribution in [0.5, 0.6) is 0 Å².